The molecule has 0 aliphatic rings. The smallest absolute Gasteiger partial charge is 0.149 e. The van der Waals surface area contributed by atoms with Gasteiger partial charge in [-0.05, 0) is 22.9 Å². The minimum atomic E-state index is -0.0739. The lowest BCUT2D eigenvalue weighted by atomic mass is 10.2. The Hall–Kier alpha value is -1.42. The summed E-state index contributed by atoms with van der Waals surface area (Å²) in [4.78, 5) is 10.2. The van der Waals surface area contributed by atoms with E-state index in [1.54, 1.807) is 12.1 Å². The van der Waals surface area contributed by atoms with Gasteiger partial charge in [-0.3, -0.25) is 0 Å². The van der Waals surface area contributed by atoms with Gasteiger partial charge in [0.25, 0.3) is 0 Å². The normalized spacial score (nSPS) is 9.50. The van der Waals surface area contributed by atoms with Crippen molar-refractivity contribution in [2.75, 3.05) is 7.11 Å². The van der Waals surface area contributed by atoms with Gasteiger partial charge in [-0.15, -0.1) is 4.91 Å². The number of hydrogen-bond acceptors (Lipinski definition) is 4. The summed E-state index contributed by atoms with van der Waals surface area (Å²) < 4.78 is 4.87. The van der Waals surface area contributed by atoms with Gasteiger partial charge in [0.1, 0.15) is 11.4 Å². The standard InChI is InChI=1S/C8H9NO3/c1-12-8-4-6(5-10)2-3-7(8)9-11/h2-4,10H,5H2,1H3. The number of benzene rings is 1. The van der Waals surface area contributed by atoms with Crippen LogP contribution in [0.1, 0.15) is 5.56 Å². The van der Waals surface area contributed by atoms with Crippen LogP contribution in [0.5, 0.6) is 5.75 Å². The molecular formula is C8H9NO3. The predicted octanol–water partition coefficient (Wildman–Crippen LogP) is 1.59. The Labute approximate surface area is 69.8 Å². The lowest BCUT2D eigenvalue weighted by Crippen LogP contribution is -1.87. The van der Waals surface area contributed by atoms with Gasteiger partial charge in [-0.1, -0.05) is 6.07 Å². The second-order valence-electron chi connectivity index (χ2n) is 2.26. The van der Waals surface area contributed by atoms with Crippen LogP contribution in [0.15, 0.2) is 23.4 Å². The number of rotatable bonds is 3. The van der Waals surface area contributed by atoms with E-state index in [2.05, 4.69) is 5.18 Å². The molecule has 0 bridgehead atoms. The van der Waals surface area contributed by atoms with Gasteiger partial charge in [0.15, 0.2) is 0 Å². The average molecular weight is 167 g/mol. The summed E-state index contributed by atoms with van der Waals surface area (Å²) in [6, 6.07) is 4.72. The Morgan fingerprint density at radius 1 is 1.58 bits per heavy atom. The first-order chi connectivity index (χ1) is 5.81. The van der Waals surface area contributed by atoms with Crippen molar-refractivity contribution in [1.29, 1.82) is 0 Å². The predicted molar refractivity (Wildman–Crippen MR) is 44.4 cm³/mol. The van der Waals surface area contributed by atoms with E-state index in [4.69, 9.17) is 9.84 Å². The minimum Gasteiger partial charge on any atom is -0.494 e. The molecule has 0 aliphatic heterocycles. The number of aliphatic hydroxyl groups excluding tert-OH is 1. The molecule has 0 heterocycles. The summed E-state index contributed by atoms with van der Waals surface area (Å²) in [5.74, 6) is 0.386. The summed E-state index contributed by atoms with van der Waals surface area (Å²) in [6.07, 6.45) is 0. The summed E-state index contributed by atoms with van der Waals surface area (Å²) in [6.45, 7) is -0.0739. The zero-order valence-electron chi connectivity index (χ0n) is 6.65. The van der Waals surface area contributed by atoms with Gasteiger partial charge in [-0.2, -0.15) is 0 Å². The molecule has 0 atom stereocenters. The summed E-state index contributed by atoms with van der Waals surface area (Å²) in [7, 11) is 1.45. The molecule has 4 heteroatoms. The first-order valence-corrected chi connectivity index (χ1v) is 3.43. The maximum Gasteiger partial charge on any atom is 0.149 e. The van der Waals surface area contributed by atoms with E-state index in [9.17, 15) is 4.91 Å². The van der Waals surface area contributed by atoms with Crippen LogP contribution in [0.2, 0.25) is 0 Å². The van der Waals surface area contributed by atoms with Crippen LogP contribution in [0.25, 0.3) is 0 Å². The Morgan fingerprint density at radius 2 is 2.33 bits per heavy atom. The molecule has 0 aliphatic carbocycles. The van der Waals surface area contributed by atoms with Crippen LogP contribution in [-0.4, -0.2) is 12.2 Å². The molecule has 0 unspecified atom stereocenters. The number of methoxy groups -OCH3 is 1. The second kappa shape index (κ2) is 3.82. The Balaban J connectivity index is 3.10. The molecule has 1 N–H and O–H groups in total. The largest absolute Gasteiger partial charge is 0.494 e. The van der Waals surface area contributed by atoms with Crippen molar-refractivity contribution >= 4 is 5.69 Å². The average Bonchev–Trinajstić information content (AvgIpc) is 2.16. The van der Waals surface area contributed by atoms with E-state index in [1.165, 1.54) is 13.2 Å². The van der Waals surface area contributed by atoms with Crippen LogP contribution in [-0.2, 0) is 6.61 Å². The molecule has 12 heavy (non-hydrogen) atoms. The van der Waals surface area contributed by atoms with Gasteiger partial charge < -0.3 is 9.84 Å². The number of nitroso groups, excluding NO2 is 1. The summed E-state index contributed by atoms with van der Waals surface area (Å²) >= 11 is 0. The minimum absolute atomic E-state index is 0.0739. The van der Waals surface area contributed by atoms with E-state index < -0.39 is 0 Å². The SMILES string of the molecule is COc1cc(CO)ccc1N=O. The molecule has 0 fully saturated rings. The highest BCUT2D eigenvalue weighted by Gasteiger charge is 2.03. The fraction of sp³-hybridized carbons (Fsp3) is 0.250. The zero-order chi connectivity index (χ0) is 8.97. The van der Waals surface area contributed by atoms with Gasteiger partial charge in [-0.25, -0.2) is 0 Å². The molecule has 64 valence electrons. The van der Waals surface area contributed by atoms with Crippen LogP contribution in [0.4, 0.5) is 5.69 Å². The van der Waals surface area contributed by atoms with Crippen LogP contribution < -0.4 is 4.74 Å². The van der Waals surface area contributed by atoms with Gasteiger partial charge in [0.05, 0.1) is 13.7 Å². The van der Waals surface area contributed by atoms with Gasteiger partial charge in [0, 0.05) is 0 Å². The Morgan fingerprint density at radius 3 is 2.83 bits per heavy atom. The number of ether oxygens (including phenoxy) is 1. The quantitative estimate of drug-likeness (QED) is 0.695. The molecule has 0 saturated heterocycles. The Bertz CT molecular complexity index is 286. The number of nitrogens with zero attached hydrogens (tertiary/aromatic N) is 1. The monoisotopic (exact) mass is 167 g/mol. The maximum absolute atomic E-state index is 10.2. The maximum atomic E-state index is 10.2. The van der Waals surface area contributed by atoms with Crippen LogP contribution in [0.3, 0.4) is 0 Å². The second-order valence-corrected chi connectivity index (χ2v) is 2.26. The van der Waals surface area contributed by atoms with E-state index in [0.29, 0.717) is 11.3 Å². The molecule has 0 aromatic heterocycles. The van der Waals surface area contributed by atoms with Crippen molar-refractivity contribution in [2.45, 2.75) is 6.61 Å². The van der Waals surface area contributed by atoms with Crippen LogP contribution >= 0.6 is 0 Å². The summed E-state index contributed by atoms with van der Waals surface area (Å²) in [5, 5.41) is 11.5. The highest BCUT2D eigenvalue weighted by atomic mass is 16.5. The van der Waals surface area contributed by atoms with Crippen molar-refractivity contribution in [3.05, 3.63) is 28.7 Å². The molecule has 0 spiro atoms. The number of hydrogen-bond donors (Lipinski definition) is 1. The van der Waals surface area contributed by atoms with E-state index in [-0.39, 0.29) is 12.3 Å². The lowest BCUT2D eigenvalue weighted by molar-refractivity contribution is 0.281. The highest BCUT2D eigenvalue weighted by molar-refractivity contribution is 5.52. The topological polar surface area (TPSA) is 58.9 Å². The molecular weight excluding hydrogens is 158 g/mol. The molecule has 0 radical (unpaired) electrons. The van der Waals surface area contributed by atoms with Crippen LogP contribution in [0, 0.1) is 4.91 Å². The molecule has 4 nitrogen and oxygen atoms in total. The molecule has 0 saturated carbocycles. The Kier molecular flexibility index (Phi) is 2.76. The van der Waals surface area contributed by atoms with E-state index in [0.717, 1.165) is 0 Å². The molecule has 1 aromatic rings. The fourth-order valence-electron chi connectivity index (χ4n) is 0.896. The van der Waals surface area contributed by atoms with Crippen molar-refractivity contribution < 1.29 is 9.84 Å². The van der Waals surface area contributed by atoms with Crippen molar-refractivity contribution in [2.24, 2.45) is 5.18 Å². The third kappa shape index (κ3) is 1.60. The van der Waals surface area contributed by atoms with E-state index in [1.807, 2.05) is 0 Å². The third-order valence-corrected chi connectivity index (χ3v) is 1.53. The molecule has 0 amide bonds. The van der Waals surface area contributed by atoms with Gasteiger partial charge >= 0.3 is 0 Å². The van der Waals surface area contributed by atoms with Gasteiger partial charge in [0.2, 0.25) is 0 Å². The first kappa shape index (κ1) is 8.67. The zero-order valence-corrected chi connectivity index (χ0v) is 6.65. The van der Waals surface area contributed by atoms with Crippen molar-refractivity contribution in [3.63, 3.8) is 0 Å². The lowest BCUT2D eigenvalue weighted by Gasteiger charge is -2.03. The first-order valence-electron chi connectivity index (χ1n) is 3.43. The molecule has 1 rings (SSSR count). The van der Waals surface area contributed by atoms with Crippen molar-refractivity contribution in [3.8, 4) is 5.75 Å². The fourth-order valence-corrected chi connectivity index (χ4v) is 0.896. The molecule has 1 aromatic carbocycles. The number of aliphatic hydroxyl groups is 1. The van der Waals surface area contributed by atoms with E-state index >= 15 is 0 Å². The summed E-state index contributed by atoms with van der Waals surface area (Å²) in [5.41, 5.74) is 0.939. The van der Waals surface area contributed by atoms with Crippen molar-refractivity contribution in [1.82, 2.24) is 0 Å². The third-order valence-electron chi connectivity index (χ3n) is 1.53. The highest BCUT2D eigenvalue weighted by Crippen LogP contribution is 2.27.